The number of amides is 2. The van der Waals surface area contributed by atoms with E-state index in [1.165, 1.54) is 35.5 Å². The SMILES string of the molecule is CO/N=C(\C(=O)N[C@@H]1C(=O)N2C(C(=O)O)=C(CSC3C=NC([n+]4ccn5ncccc54)=CS3)CSC12)c1csc(N)n1. The second-order valence-electron chi connectivity index (χ2n) is 8.88. The van der Waals surface area contributed by atoms with Crippen molar-refractivity contribution in [1.29, 1.82) is 0 Å². The third kappa shape index (κ3) is 5.25. The summed E-state index contributed by atoms with van der Waals surface area (Å²) in [5.41, 5.74) is 7.22. The maximum atomic E-state index is 13.1. The number of nitrogens with two attached hydrogens (primary N) is 1. The van der Waals surface area contributed by atoms with Crippen molar-refractivity contribution in [3.05, 3.63) is 58.5 Å². The molecule has 3 aromatic heterocycles. The van der Waals surface area contributed by atoms with Gasteiger partial charge in [0.05, 0.1) is 6.20 Å². The van der Waals surface area contributed by atoms with Gasteiger partial charge in [0.2, 0.25) is 0 Å². The van der Waals surface area contributed by atoms with Crippen LogP contribution >= 0.6 is 46.6 Å². The predicted molar refractivity (Wildman–Crippen MR) is 162 cm³/mol. The number of anilines is 1. The van der Waals surface area contributed by atoms with Crippen LogP contribution in [0, 0.1) is 0 Å². The summed E-state index contributed by atoms with van der Waals surface area (Å²) in [7, 11) is 1.29. The molecular formula is C24H22N9O5S4+. The minimum absolute atomic E-state index is 0.0380. The number of carboxylic acids is 1. The van der Waals surface area contributed by atoms with Crippen LogP contribution in [0.5, 0.6) is 0 Å². The molecule has 0 bridgehead atoms. The summed E-state index contributed by atoms with van der Waals surface area (Å²) in [5.74, 6) is -0.825. The number of oxime groups is 1. The standard InChI is InChI=1S/C24H21N9O5S4/c1-38-30-17(13-10-42-24(25)28-13)20(34)29-18-21(35)33-19(23(36)37)12(9-41-22(18)33)8-39-16-7-26-14(11-40-16)31-5-6-32-15(31)3-2-4-27-32/h2-7,10-11,16,18,22H,8-9H2,1H3,(H3-,25,28,29,34,36,37)/p+1/b30-17-/t16?,18-,22?/m1/s1. The van der Waals surface area contributed by atoms with Crippen molar-refractivity contribution >= 4 is 92.9 Å². The van der Waals surface area contributed by atoms with Gasteiger partial charge in [-0.05, 0) is 11.6 Å². The maximum Gasteiger partial charge on any atom is 0.352 e. The highest BCUT2D eigenvalue weighted by Gasteiger charge is 2.54. The van der Waals surface area contributed by atoms with Crippen LogP contribution in [0.25, 0.3) is 11.5 Å². The molecule has 0 spiro atoms. The van der Waals surface area contributed by atoms with Crippen molar-refractivity contribution in [3.63, 3.8) is 0 Å². The first-order chi connectivity index (χ1) is 20.4. The van der Waals surface area contributed by atoms with Crippen molar-refractivity contribution in [1.82, 2.24) is 24.8 Å². The van der Waals surface area contributed by atoms with Gasteiger partial charge in [0.1, 0.15) is 53.1 Å². The first kappa shape index (κ1) is 28.3. The number of fused-ring (bicyclic) bond motifs is 2. The fourth-order valence-electron chi connectivity index (χ4n) is 4.49. The molecule has 6 rings (SSSR count). The Labute approximate surface area is 254 Å². The van der Waals surface area contributed by atoms with Gasteiger partial charge in [-0.15, -0.1) is 61.2 Å². The zero-order valence-electron chi connectivity index (χ0n) is 21.7. The normalized spacial score (nSPS) is 22.1. The van der Waals surface area contributed by atoms with E-state index in [0.717, 1.165) is 22.8 Å². The Bertz CT molecular complexity index is 1710. The number of hydrogen-bond donors (Lipinski definition) is 3. The van der Waals surface area contributed by atoms with Crippen LogP contribution in [0.3, 0.4) is 0 Å². The van der Waals surface area contributed by atoms with Crippen LogP contribution in [0.15, 0.2) is 62.9 Å². The number of thioether (sulfide) groups is 3. The molecule has 14 nitrogen and oxygen atoms in total. The lowest BCUT2D eigenvalue weighted by Crippen LogP contribution is -2.71. The van der Waals surface area contributed by atoms with Crippen LogP contribution in [0.1, 0.15) is 5.69 Å². The lowest BCUT2D eigenvalue weighted by molar-refractivity contribution is -0.553. The molecule has 0 aliphatic carbocycles. The molecule has 0 radical (unpaired) electrons. The summed E-state index contributed by atoms with van der Waals surface area (Å²) in [6.45, 7) is 0. The number of imidazole rings is 1. The molecular weight excluding hydrogens is 623 g/mol. The van der Waals surface area contributed by atoms with E-state index in [-0.39, 0.29) is 26.8 Å². The van der Waals surface area contributed by atoms with E-state index in [2.05, 4.69) is 25.5 Å². The molecule has 3 aliphatic rings. The molecule has 0 aromatic carbocycles. The second kappa shape index (κ2) is 11.8. The van der Waals surface area contributed by atoms with Gasteiger partial charge in [0, 0.05) is 28.4 Å². The molecule has 0 saturated carbocycles. The van der Waals surface area contributed by atoms with E-state index >= 15 is 0 Å². The summed E-state index contributed by atoms with van der Waals surface area (Å²) >= 11 is 5.63. The number of carbonyl (C=O) groups is 3. The van der Waals surface area contributed by atoms with Gasteiger partial charge in [0.25, 0.3) is 23.3 Å². The molecule has 216 valence electrons. The van der Waals surface area contributed by atoms with E-state index in [1.54, 1.807) is 27.9 Å². The first-order valence-electron chi connectivity index (χ1n) is 12.2. The first-order valence-corrected chi connectivity index (χ1v) is 16.2. The fourth-order valence-corrected chi connectivity index (χ4v) is 8.51. The van der Waals surface area contributed by atoms with E-state index in [9.17, 15) is 19.5 Å². The maximum absolute atomic E-state index is 13.1. The van der Waals surface area contributed by atoms with Gasteiger partial charge in [-0.1, -0.05) is 5.16 Å². The Morgan fingerprint density at radius 3 is 2.98 bits per heavy atom. The van der Waals surface area contributed by atoms with E-state index < -0.39 is 29.2 Å². The van der Waals surface area contributed by atoms with E-state index in [4.69, 9.17) is 10.6 Å². The summed E-state index contributed by atoms with van der Waals surface area (Å²) in [4.78, 5) is 53.0. The zero-order valence-corrected chi connectivity index (χ0v) is 25.0. The molecule has 4 N–H and O–H groups in total. The summed E-state index contributed by atoms with van der Waals surface area (Å²) < 4.78 is 3.65. The molecule has 3 aromatic rings. The number of carbonyl (C=O) groups excluding carboxylic acids is 2. The largest absolute Gasteiger partial charge is 0.477 e. The minimum Gasteiger partial charge on any atom is -0.477 e. The predicted octanol–water partition coefficient (Wildman–Crippen LogP) is 1.08. The van der Waals surface area contributed by atoms with Crippen LogP contribution in [0.4, 0.5) is 5.13 Å². The molecule has 2 amide bonds. The van der Waals surface area contributed by atoms with Crippen molar-refractivity contribution in [2.45, 2.75) is 16.0 Å². The highest BCUT2D eigenvalue weighted by molar-refractivity contribution is 8.19. The highest BCUT2D eigenvalue weighted by atomic mass is 32.2. The van der Waals surface area contributed by atoms with Crippen molar-refractivity contribution in [2.75, 3.05) is 24.3 Å². The summed E-state index contributed by atoms with van der Waals surface area (Å²) in [5, 5.41) is 23.9. The Balaban J connectivity index is 1.10. The molecule has 42 heavy (non-hydrogen) atoms. The Kier molecular flexibility index (Phi) is 7.93. The third-order valence-electron chi connectivity index (χ3n) is 6.36. The number of aliphatic imine (C=N–C) groups is 1. The van der Waals surface area contributed by atoms with Gasteiger partial charge in [-0.3, -0.25) is 14.5 Å². The van der Waals surface area contributed by atoms with Crippen LogP contribution in [-0.2, 0) is 19.2 Å². The van der Waals surface area contributed by atoms with Gasteiger partial charge in [-0.25, -0.2) is 9.78 Å². The lowest BCUT2D eigenvalue weighted by Gasteiger charge is -2.49. The Hall–Kier alpha value is -3.87. The topological polar surface area (TPSA) is 181 Å². The van der Waals surface area contributed by atoms with Gasteiger partial charge in [0.15, 0.2) is 10.8 Å². The molecule has 1 saturated heterocycles. The van der Waals surface area contributed by atoms with E-state index in [0.29, 0.717) is 17.1 Å². The van der Waals surface area contributed by atoms with E-state index in [1.807, 2.05) is 40.7 Å². The molecule has 2 unspecified atom stereocenters. The second-order valence-corrected chi connectivity index (χ2v) is 13.3. The molecule has 3 aliphatic heterocycles. The average Bonchev–Trinajstić information content (AvgIpc) is 3.63. The number of aromatic nitrogens is 4. The zero-order chi connectivity index (χ0) is 29.4. The summed E-state index contributed by atoms with van der Waals surface area (Å²) in [6.07, 6.45) is 7.27. The number of carboxylic acid groups (broad SMARTS) is 1. The smallest absolute Gasteiger partial charge is 0.352 e. The molecule has 3 atom stereocenters. The minimum atomic E-state index is -1.19. The molecule has 1 fully saturated rings. The number of nitrogens with one attached hydrogen (secondary N) is 1. The molecule has 6 heterocycles. The quantitative estimate of drug-likeness (QED) is 0.131. The average molecular weight is 645 g/mol. The van der Waals surface area contributed by atoms with Gasteiger partial charge < -0.3 is 21.0 Å². The highest BCUT2D eigenvalue weighted by Crippen LogP contribution is 2.42. The summed E-state index contributed by atoms with van der Waals surface area (Å²) in [6, 6.07) is 2.88. The number of thiazole rings is 1. The van der Waals surface area contributed by atoms with Crippen LogP contribution in [-0.4, -0.2) is 88.9 Å². The van der Waals surface area contributed by atoms with Gasteiger partial charge >= 0.3 is 5.97 Å². The number of rotatable bonds is 9. The Morgan fingerprint density at radius 1 is 1.40 bits per heavy atom. The molecule has 18 heteroatoms. The third-order valence-corrected chi connectivity index (χ3v) is 10.8. The van der Waals surface area contributed by atoms with Crippen molar-refractivity contribution in [2.24, 2.45) is 10.1 Å². The van der Waals surface area contributed by atoms with Crippen molar-refractivity contribution < 1.29 is 28.9 Å². The van der Waals surface area contributed by atoms with Crippen LogP contribution < -0.4 is 15.6 Å². The monoisotopic (exact) mass is 644 g/mol. The van der Waals surface area contributed by atoms with Crippen LogP contribution in [0.2, 0.25) is 0 Å². The number of β-lactam (4-membered cyclic amide) rings is 1. The van der Waals surface area contributed by atoms with Crippen molar-refractivity contribution in [3.8, 4) is 0 Å². The fraction of sp³-hybridized carbons (Fsp3) is 0.250. The number of aliphatic carboxylic acids is 1. The Morgan fingerprint density at radius 2 is 2.26 bits per heavy atom. The van der Waals surface area contributed by atoms with Gasteiger partial charge in [-0.2, -0.15) is 4.57 Å². The number of hydrogen-bond acceptors (Lipinski definition) is 13. The lowest BCUT2D eigenvalue weighted by atomic mass is 10.0. The number of nitrogens with zero attached hydrogens (tertiary/aromatic N) is 7. The number of nitrogen functional groups attached to an aromatic ring is 1.